The minimum absolute atomic E-state index is 0.142. The van der Waals surface area contributed by atoms with Crippen LogP contribution in [0.2, 0.25) is 5.02 Å². The number of amides is 1. The van der Waals surface area contributed by atoms with Crippen molar-refractivity contribution >= 4 is 44.1 Å². The number of hydrogen-bond donors (Lipinski definition) is 2. The third kappa shape index (κ3) is 6.84. The molecule has 0 aliphatic heterocycles. The maximum atomic E-state index is 13.1. The summed E-state index contributed by atoms with van der Waals surface area (Å²) < 4.78 is 32.8. The maximum absolute atomic E-state index is 13.1. The Morgan fingerprint density at radius 3 is 2.63 bits per heavy atom. The number of pyridine rings is 1. The second kappa shape index (κ2) is 12.2. The van der Waals surface area contributed by atoms with Crippen molar-refractivity contribution in [2.24, 2.45) is 0 Å². The highest BCUT2D eigenvalue weighted by Crippen LogP contribution is 2.25. The average Bonchev–Trinajstić information content (AvgIpc) is 2.83. The van der Waals surface area contributed by atoms with Crippen LogP contribution in [0.1, 0.15) is 25.8 Å². The lowest BCUT2D eigenvalue weighted by Gasteiger charge is -2.21. The molecule has 1 amide bonds. The zero-order valence-electron chi connectivity index (χ0n) is 20.2. The summed E-state index contributed by atoms with van der Waals surface area (Å²) in [6, 6.07) is 12.2. The number of nitrogens with zero attached hydrogens (tertiary/aromatic N) is 2. The highest BCUT2D eigenvalue weighted by molar-refractivity contribution is 7.89. The number of carbonyl (C=O) groups is 1. The number of aryl methyl sites for hydroxylation is 1. The Hall–Kier alpha value is -2.88. The highest BCUT2D eigenvalue weighted by Gasteiger charge is 2.25. The molecule has 0 radical (unpaired) electrons. The van der Waals surface area contributed by atoms with Gasteiger partial charge in [0.05, 0.1) is 23.6 Å². The highest BCUT2D eigenvalue weighted by atomic mass is 35.5. The van der Waals surface area contributed by atoms with Gasteiger partial charge in [0.15, 0.2) is 0 Å². The van der Waals surface area contributed by atoms with Crippen LogP contribution in [0.15, 0.2) is 53.6 Å². The van der Waals surface area contributed by atoms with Gasteiger partial charge in [-0.3, -0.25) is 9.78 Å². The standard InChI is InChI=1S/C25H31ClN4O4S/c1-4-30(35(32,33)20-8-10-24(34-5-2)18(3)15-20)17-25(31)29-13-6-12-27-22-11-14-28-23-16-19(26)7-9-21(22)23/h7-11,14-16H,4-6,12-13,17H2,1-3H3,(H,27,28)(H,29,31). The van der Waals surface area contributed by atoms with Crippen molar-refractivity contribution in [3.05, 3.63) is 59.2 Å². The van der Waals surface area contributed by atoms with E-state index < -0.39 is 10.0 Å². The minimum atomic E-state index is -3.81. The van der Waals surface area contributed by atoms with Crippen molar-refractivity contribution in [3.63, 3.8) is 0 Å². The fraction of sp³-hybridized carbons (Fsp3) is 0.360. The molecule has 8 nitrogen and oxygen atoms in total. The normalized spacial score (nSPS) is 11.6. The van der Waals surface area contributed by atoms with E-state index in [2.05, 4.69) is 15.6 Å². The molecule has 0 aliphatic carbocycles. The predicted octanol–water partition coefficient (Wildman–Crippen LogP) is 4.22. The first-order chi connectivity index (χ1) is 16.8. The monoisotopic (exact) mass is 518 g/mol. The van der Waals surface area contributed by atoms with Gasteiger partial charge in [0, 0.05) is 41.9 Å². The number of benzene rings is 2. The molecule has 10 heteroatoms. The molecular weight excluding hydrogens is 488 g/mol. The lowest BCUT2D eigenvalue weighted by atomic mass is 10.2. The summed E-state index contributed by atoms with van der Waals surface area (Å²) in [5.74, 6) is 0.298. The van der Waals surface area contributed by atoms with Gasteiger partial charge in [-0.05, 0) is 68.3 Å². The van der Waals surface area contributed by atoms with Crippen LogP contribution in [0.4, 0.5) is 5.69 Å². The molecule has 2 aromatic carbocycles. The predicted molar refractivity (Wildman–Crippen MR) is 140 cm³/mol. The quantitative estimate of drug-likeness (QED) is 0.348. The van der Waals surface area contributed by atoms with E-state index in [4.69, 9.17) is 16.3 Å². The summed E-state index contributed by atoms with van der Waals surface area (Å²) in [6.45, 7) is 6.86. The molecule has 3 rings (SSSR count). The molecule has 0 saturated carbocycles. The number of fused-ring (bicyclic) bond motifs is 1. The third-order valence-corrected chi connectivity index (χ3v) is 7.60. The maximum Gasteiger partial charge on any atom is 0.243 e. The van der Waals surface area contributed by atoms with Gasteiger partial charge >= 0.3 is 0 Å². The second-order valence-corrected chi connectivity index (χ2v) is 10.3. The van der Waals surface area contributed by atoms with Crippen LogP contribution in [0, 0.1) is 6.92 Å². The Morgan fingerprint density at radius 1 is 1.11 bits per heavy atom. The molecule has 0 spiro atoms. The molecule has 0 fully saturated rings. The van der Waals surface area contributed by atoms with Crippen LogP contribution >= 0.6 is 11.6 Å². The Bertz CT molecular complexity index is 1280. The first-order valence-electron chi connectivity index (χ1n) is 11.5. The first kappa shape index (κ1) is 26.7. The Labute approximate surface area is 211 Å². The summed E-state index contributed by atoms with van der Waals surface area (Å²) in [5.41, 5.74) is 2.47. The summed E-state index contributed by atoms with van der Waals surface area (Å²) in [6.07, 6.45) is 2.38. The Morgan fingerprint density at radius 2 is 1.91 bits per heavy atom. The van der Waals surface area contributed by atoms with Gasteiger partial charge in [-0.15, -0.1) is 0 Å². The molecule has 0 aliphatic rings. The molecule has 0 bridgehead atoms. The lowest BCUT2D eigenvalue weighted by molar-refractivity contribution is -0.121. The van der Waals surface area contributed by atoms with Gasteiger partial charge in [-0.1, -0.05) is 18.5 Å². The molecule has 1 aromatic heterocycles. The van der Waals surface area contributed by atoms with Crippen molar-refractivity contribution < 1.29 is 17.9 Å². The number of anilines is 1. The lowest BCUT2D eigenvalue weighted by Crippen LogP contribution is -2.41. The molecule has 3 aromatic rings. The number of hydrogen-bond acceptors (Lipinski definition) is 6. The number of halogens is 1. The van der Waals surface area contributed by atoms with E-state index in [1.165, 1.54) is 10.4 Å². The van der Waals surface area contributed by atoms with Gasteiger partial charge in [-0.25, -0.2) is 8.42 Å². The van der Waals surface area contributed by atoms with Gasteiger partial charge in [0.2, 0.25) is 15.9 Å². The molecule has 35 heavy (non-hydrogen) atoms. The SMILES string of the molecule is CCOc1ccc(S(=O)(=O)N(CC)CC(=O)NCCCNc2ccnc3cc(Cl)ccc23)cc1C. The summed E-state index contributed by atoms with van der Waals surface area (Å²) in [4.78, 5) is 16.9. The zero-order chi connectivity index (χ0) is 25.4. The topological polar surface area (TPSA) is 101 Å². The molecule has 0 unspecified atom stereocenters. The second-order valence-electron chi connectivity index (χ2n) is 7.94. The van der Waals surface area contributed by atoms with Gasteiger partial charge in [-0.2, -0.15) is 4.31 Å². The summed E-state index contributed by atoms with van der Waals surface area (Å²) >= 11 is 6.03. The molecule has 1 heterocycles. The molecule has 0 atom stereocenters. The van der Waals surface area contributed by atoms with E-state index in [1.54, 1.807) is 32.2 Å². The average molecular weight is 519 g/mol. The van der Waals surface area contributed by atoms with Crippen LogP contribution in [0.3, 0.4) is 0 Å². The summed E-state index contributed by atoms with van der Waals surface area (Å²) in [5, 5.41) is 7.75. The fourth-order valence-electron chi connectivity index (χ4n) is 3.65. The van der Waals surface area contributed by atoms with Gasteiger partial charge < -0.3 is 15.4 Å². The van der Waals surface area contributed by atoms with Crippen LogP contribution in [0.5, 0.6) is 5.75 Å². The van der Waals surface area contributed by atoms with E-state index in [0.29, 0.717) is 36.9 Å². The minimum Gasteiger partial charge on any atom is -0.494 e. The van der Waals surface area contributed by atoms with Crippen molar-refractivity contribution in [1.29, 1.82) is 0 Å². The number of ether oxygens (including phenoxy) is 1. The largest absolute Gasteiger partial charge is 0.494 e. The van der Waals surface area contributed by atoms with Crippen LogP contribution in [0.25, 0.3) is 10.9 Å². The molecule has 188 valence electrons. The van der Waals surface area contributed by atoms with Crippen molar-refractivity contribution in [3.8, 4) is 5.75 Å². The fourth-order valence-corrected chi connectivity index (χ4v) is 5.30. The number of carbonyl (C=O) groups excluding carboxylic acids is 1. The van der Waals surface area contributed by atoms with Crippen LogP contribution in [-0.4, -0.2) is 56.4 Å². The Kier molecular flexibility index (Phi) is 9.31. The zero-order valence-corrected chi connectivity index (χ0v) is 21.7. The molecule has 2 N–H and O–H groups in total. The number of likely N-dealkylation sites (N-methyl/N-ethyl adjacent to an activating group) is 1. The van der Waals surface area contributed by atoms with Gasteiger partial charge in [0.1, 0.15) is 5.75 Å². The van der Waals surface area contributed by atoms with Crippen LogP contribution < -0.4 is 15.4 Å². The van der Waals surface area contributed by atoms with Crippen molar-refractivity contribution in [1.82, 2.24) is 14.6 Å². The molecular formula is C25H31ClN4O4S. The van der Waals surface area contributed by atoms with E-state index in [1.807, 2.05) is 31.2 Å². The van der Waals surface area contributed by atoms with E-state index in [0.717, 1.165) is 22.2 Å². The van der Waals surface area contributed by atoms with E-state index >= 15 is 0 Å². The van der Waals surface area contributed by atoms with E-state index in [-0.39, 0.29) is 23.9 Å². The number of sulfonamides is 1. The summed E-state index contributed by atoms with van der Waals surface area (Å²) in [7, 11) is -3.81. The van der Waals surface area contributed by atoms with Crippen LogP contribution in [-0.2, 0) is 14.8 Å². The van der Waals surface area contributed by atoms with Gasteiger partial charge in [0.25, 0.3) is 0 Å². The number of nitrogens with one attached hydrogen (secondary N) is 2. The number of aromatic nitrogens is 1. The number of rotatable bonds is 12. The Balaban J connectivity index is 1.51. The van der Waals surface area contributed by atoms with Crippen molar-refractivity contribution in [2.45, 2.75) is 32.1 Å². The van der Waals surface area contributed by atoms with Crippen molar-refractivity contribution in [2.75, 3.05) is 38.1 Å². The smallest absolute Gasteiger partial charge is 0.243 e. The van der Waals surface area contributed by atoms with E-state index in [9.17, 15) is 13.2 Å². The molecule has 0 saturated heterocycles. The first-order valence-corrected chi connectivity index (χ1v) is 13.4. The third-order valence-electron chi connectivity index (χ3n) is 5.45.